The van der Waals surface area contributed by atoms with Crippen molar-refractivity contribution < 1.29 is 0 Å². The summed E-state index contributed by atoms with van der Waals surface area (Å²) in [5, 5.41) is 8.96. The van der Waals surface area contributed by atoms with Gasteiger partial charge in [0.1, 0.15) is 11.8 Å². The summed E-state index contributed by atoms with van der Waals surface area (Å²) in [6.07, 6.45) is 0.963. The highest BCUT2D eigenvalue weighted by molar-refractivity contribution is 5.26. The van der Waals surface area contributed by atoms with E-state index in [4.69, 9.17) is 5.26 Å². The summed E-state index contributed by atoms with van der Waals surface area (Å²) in [6, 6.07) is 16.4. The van der Waals surface area contributed by atoms with Crippen LogP contribution in [0.1, 0.15) is 17.0 Å². The van der Waals surface area contributed by atoms with E-state index in [1.807, 2.05) is 37.3 Å². The van der Waals surface area contributed by atoms with Crippen LogP contribution in [0.25, 0.3) is 0 Å². The smallest absolute Gasteiger partial charge is 0.120 e. The Hall–Kier alpha value is -2.01. The van der Waals surface area contributed by atoms with Crippen LogP contribution >= 0.6 is 0 Å². The Balaban J connectivity index is 2.11. The monoisotopic (exact) mass is 210 g/mol. The highest BCUT2D eigenvalue weighted by atomic mass is 15.0. The highest BCUT2D eigenvalue weighted by Gasteiger charge is 2.03. The molecule has 0 radical (unpaired) electrons. The van der Waals surface area contributed by atoms with Crippen LogP contribution in [-0.2, 0) is 13.0 Å². The van der Waals surface area contributed by atoms with Crippen molar-refractivity contribution in [1.82, 2.24) is 4.57 Å². The van der Waals surface area contributed by atoms with E-state index in [1.54, 1.807) is 0 Å². The minimum atomic E-state index is 0.744. The van der Waals surface area contributed by atoms with Crippen LogP contribution < -0.4 is 0 Å². The summed E-state index contributed by atoms with van der Waals surface area (Å²) >= 11 is 0. The van der Waals surface area contributed by atoms with E-state index in [9.17, 15) is 0 Å². The van der Waals surface area contributed by atoms with Crippen molar-refractivity contribution in [2.45, 2.75) is 19.9 Å². The molecule has 16 heavy (non-hydrogen) atoms. The van der Waals surface area contributed by atoms with E-state index in [1.165, 1.54) is 5.56 Å². The maximum Gasteiger partial charge on any atom is 0.120 e. The molecule has 0 fully saturated rings. The van der Waals surface area contributed by atoms with Gasteiger partial charge >= 0.3 is 0 Å². The zero-order chi connectivity index (χ0) is 11.4. The molecule has 2 aromatic rings. The zero-order valence-electron chi connectivity index (χ0n) is 9.35. The quantitative estimate of drug-likeness (QED) is 0.765. The summed E-state index contributed by atoms with van der Waals surface area (Å²) in [7, 11) is 0. The van der Waals surface area contributed by atoms with E-state index in [2.05, 4.69) is 22.8 Å². The summed E-state index contributed by atoms with van der Waals surface area (Å²) in [5.41, 5.74) is 3.19. The average Bonchev–Trinajstić information content (AvgIpc) is 2.69. The molecule has 2 nitrogen and oxygen atoms in total. The molecule has 0 saturated heterocycles. The van der Waals surface area contributed by atoms with Gasteiger partial charge in [-0.15, -0.1) is 0 Å². The number of hydrogen-bond acceptors (Lipinski definition) is 1. The van der Waals surface area contributed by atoms with Gasteiger partial charge in [-0.3, -0.25) is 0 Å². The fraction of sp³-hybridized carbons (Fsp3) is 0.214. The lowest BCUT2D eigenvalue weighted by atomic mass is 10.1. The van der Waals surface area contributed by atoms with Crippen LogP contribution in [-0.4, -0.2) is 4.57 Å². The molecule has 0 unspecified atom stereocenters. The van der Waals surface area contributed by atoms with E-state index >= 15 is 0 Å². The number of aromatic nitrogens is 1. The van der Waals surface area contributed by atoms with E-state index < -0.39 is 0 Å². The number of benzene rings is 1. The van der Waals surface area contributed by atoms with Crippen molar-refractivity contribution in [2.75, 3.05) is 0 Å². The second-order valence-corrected chi connectivity index (χ2v) is 3.86. The van der Waals surface area contributed by atoms with E-state index in [-0.39, 0.29) is 0 Å². The second kappa shape index (κ2) is 4.67. The molecule has 0 atom stereocenters. The van der Waals surface area contributed by atoms with Crippen molar-refractivity contribution in [2.24, 2.45) is 0 Å². The Bertz CT molecular complexity index is 503. The van der Waals surface area contributed by atoms with Gasteiger partial charge in [0.25, 0.3) is 0 Å². The number of nitrogens with zero attached hydrogens (tertiary/aromatic N) is 2. The minimum absolute atomic E-state index is 0.744. The van der Waals surface area contributed by atoms with Crippen molar-refractivity contribution in [3.05, 3.63) is 59.4 Å². The van der Waals surface area contributed by atoms with Gasteiger partial charge in [-0.2, -0.15) is 5.26 Å². The molecule has 0 saturated carbocycles. The van der Waals surface area contributed by atoms with E-state index in [0.29, 0.717) is 0 Å². The van der Waals surface area contributed by atoms with Gasteiger partial charge in [0.2, 0.25) is 0 Å². The van der Waals surface area contributed by atoms with Gasteiger partial charge in [-0.25, -0.2) is 0 Å². The molecule has 0 N–H and O–H groups in total. The molecule has 1 heterocycles. The third-order valence-corrected chi connectivity index (χ3v) is 2.78. The summed E-state index contributed by atoms with van der Waals surface area (Å²) in [5.74, 6) is 0. The van der Waals surface area contributed by atoms with Gasteiger partial charge in [-0.05, 0) is 31.0 Å². The van der Waals surface area contributed by atoms with Crippen molar-refractivity contribution in [1.29, 1.82) is 5.26 Å². The second-order valence-electron chi connectivity index (χ2n) is 3.86. The Labute approximate surface area is 95.8 Å². The standard InChI is InChI=1S/C14H14N2/c1-12-7-8-14(11-15)16(12)10-9-13-5-3-2-4-6-13/h2-8H,9-10H2,1H3. The first kappa shape index (κ1) is 10.5. The topological polar surface area (TPSA) is 28.7 Å². The SMILES string of the molecule is Cc1ccc(C#N)n1CCc1ccccc1. The third kappa shape index (κ3) is 2.14. The largest absolute Gasteiger partial charge is 0.337 e. The predicted octanol–water partition coefficient (Wildman–Crippen LogP) is 2.91. The maximum atomic E-state index is 8.96. The van der Waals surface area contributed by atoms with Gasteiger partial charge in [0.15, 0.2) is 0 Å². The normalized spacial score (nSPS) is 10.0. The van der Waals surface area contributed by atoms with Crippen molar-refractivity contribution >= 4 is 0 Å². The number of aryl methyl sites for hydroxylation is 2. The lowest BCUT2D eigenvalue weighted by Gasteiger charge is -2.07. The van der Waals surface area contributed by atoms with Crippen LogP contribution in [0.4, 0.5) is 0 Å². The van der Waals surface area contributed by atoms with Gasteiger partial charge < -0.3 is 4.57 Å². The molecule has 1 aromatic heterocycles. The first-order valence-corrected chi connectivity index (χ1v) is 5.41. The molecule has 0 aliphatic heterocycles. The molecule has 1 aromatic carbocycles. The molecule has 2 rings (SSSR count). The lowest BCUT2D eigenvalue weighted by molar-refractivity contribution is 0.674. The minimum Gasteiger partial charge on any atom is -0.337 e. The molecule has 0 amide bonds. The van der Waals surface area contributed by atoms with E-state index in [0.717, 1.165) is 24.4 Å². The Morgan fingerprint density at radius 1 is 1.12 bits per heavy atom. The maximum absolute atomic E-state index is 8.96. The fourth-order valence-corrected chi connectivity index (χ4v) is 1.85. The number of nitriles is 1. The average molecular weight is 210 g/mol. The van der Waals surface area contributed by atoms with Gasteiger partial charge in [0.05, 0.1) is 0 Å². The Kier molecular flexibility index (Phi) is 3.07. The lowest BCUT2D eigenvalue weighted by Crippen LogP contribution is -2.05. The van der Waals surface area contributed by atoms with Gasteiger partial charge in [-0.1, -0.05) is 30.3 Å². The Morgan fingerprint density at radius 2 is 1.88 bits per heavy atom. The fourth-order valence-electron chi connectivity index (χ4n) is 1.85. The molecule has 0 aliphatic carbocycles. The van der Waals surface area contributed by atoms with Crippen LogP contribution in [0, 0.1) is 18.3 Å². The van der Waals surface area contributed by atoms with Gasteiger partial charge in [0, 0.05) is 12.2 Å². The summed E-state index contributed by atoms with van der Waals surface area (Å²) in [4.78, 5) is 0. The zero-order valence-corrected chi connectivity index (χ0v) is 9.35. The highest BCUT2D eigenvalue weighted by Crippen LogP contribution is 2.09. The first-order valence-electron chi connectivity index (χ1n) is 5.41. The summed E-state index contributed by atoms with van der Waals surface area (Å²) < 4.78 is 2.06. The van der Waals surface area contributed by atoms with Crippen molar-refractivity contribution in [3.8, 4) is 6.07 Å². The molecule has 0 bridgehead atoms. The van der Waals surface area contributed by atoms with Crippen LogP contribution in [0.15, 0.2) is 42.5 Å². The van der Waals surface area contributed by atoms with Crippen molar-refractivity contribution in [3.63, 3.8) is 0 Å². The molecule has 80 valence electrons. The van der Waals surface area contributed by atoms with Crippen LogP contribution in [0.2, 0.25) is 0 Å². The molecular weight excluding hydrogens is 196 g/mol. The van der Waals surface area contributed by atoms with Crippen LogP contribution in [0.3, 0.4) is 0 Å². The molecule has 2 heteroatoms. The Morgan fingerprint density at radius 3 is 2.56 bits per heavy atom. The summed E-state index contributed by atoms with van der Waals surface area (Å²) in [6.45, 7) is 2.90. The molecular formula is C14H14N2. The number of rotatable bonds is 3. The molecule has 0 spiro atoms. The number of hydrogen-bond donors (Lipinski definition) is 0. The first-order chi connectivity index (χ1) is 7.81. The molecule has 0 aliphatic rings. The van der Waals surface area contributed by atoms with Crippen LogP contribution in [0.5, 0.6) is 0 Å². The third-order valence-electron chi connectivity index (χ3n) is 2.78. The predicted molar refractivity (Wildman–Crippen MR) is 64.0 cm³/mol.